The van der Waals surface area contributed by atoms with E-state index < -0.39 is 0 Å². The van der Waals surface area contributed by atoms with E-state index in [0.29, 0.717) is 11.4 Å². The average Bonchev–Trinajstić information content (AvgIpc) is 2.74. The number of hydrogen-bond donors (Lipinski definition) is 1. The minimum absolute atomic E-state index is 0.0691. The molecule has 0 aromatic heterocycles. The van der Waals surface area contributed by atoms with Gasteiger partial charge in [-0.2, -0.15) is 0 Å². The van der Waals surface area contributed by atoms with Crippen molar-refractivity contribution in [3.8, 4) is 0 Å². The highest BCUT2D eigenvalue weighted by atomic mass is 35.5. The first kappa shape index (κ1) is 22.1. The molecular weight excluding hydrogens is 390 g/mol. The molecule has 0 spiro atoms. The van der Waals surface area contributed by atoms with Crippen LogP contribution in [0.15, 0.2) is 72.8 Å². The summed E-state index contributed by atoms with van der Waals surface area (Å²) in [5.74, 6) is 0.119. The first-order valence-electron chi connectivity index (χ1n) is 10.5. The molecule has 1 N–H and O–H groups in total. The summed E-state index contributed by atoms with van der Waals surface area (Å²) in [5.41, 5.74) is 5.37. The molecule has 0 fully saturated rings. The van der Waals surface area contributed by atoms with Gasteiger partial charge in [-0.25, -0.2) is 0 Å². The van der Waals surface area contributed by atoms with E-state index in [9.17, 15) is 4.79 Å². The summed E-state index contributed by atoms with van der Waals surface area (Å²) >= 11 is 6.08. The molecule has 2 nitrogen and oxygen atoms in total. The zero-order chi connectivity index (χ0) is 21.7. The highest BCUT2D eigenvalue weighted by Crippen LogP contribution is 2.27. The van der Waals surface area contributed by atoms with Gasteiger partial charge in [-0.3, -0.25) is 4.79 Å². The highest BCUT2D eigenvalue weighted by molar-refractivity contribution is 6.30. The van der Waals surface area contributed by atoms with Crippen molar-refractivity contribution >= 4 is 23.1 Å². The maximum Gasteiger partial charge on any atom is 0.165 e. The fraction of sp³-hybridized carbons (Fsp3) is 0.296. The van der Waals surface area contributed by atoms with Gasteiger partial charge < -0.3 is 5.32 Å². The quantitative estimate of drug-likeness (QED) is 0.399. The molecule has 0 saturated heterocycles. The monoisotopic (exact) mass is 419 g/mol. The Morgan fingerprint density at radius 3 is 2.03 bits per heavy atom. The molecule has 30 heavy (non-hydrogen) atoms. The molecule has 0 unspecified atom stereocenters. The topological polar surface area (TPSA) is 29.1 Å². The van der Waals surface area contributed by atoms with E-state index >= 15 is 0 Å². The lowest BCUT2D eigenvalue weighted by atomic mass is 9.86. The van der Waals surface area contributed by atoms with Crippen LogP contribution in [0.5, 0.6) is 0 Å². The third-order valence-corrected chi connectivity index (χ3v) is 5.69. The molecule has 1 atom stereocenters. The Labute approximate surface area is 185 Å². The van der Waals surface area contributed by atoms with Crippen molar-refractivity contribution in [3.63, 3.8) is 0 Å². The van der Waals surface area contributed by atoms with Gasteiger partial charge in [-0.15, -0.1) is 0 Å². The Morgan fingerprint density at radius 2 is 1.50 bits per heavy atom. The van der Waals surface area contributed by atoms with Crippen molar-refractivity contribution in [2.24, 2.45) is 0 Å². The van der Waals surface area contributed by atoms with Gasteiger partial charge in [-0.1, -0.05) is 87.8 Å². The minimum atomic E-state index is -0.135. The second-order valence-corrected chi connectivity index (χ2v) is 9.19. The Hall–Kier alpha value is -2.58. The number of nitrogens with one attached hydrogen (secondary N) is 1. The second-order valence-electron chi connectivity index (χ2n) is 8.75. The number of rotatable bonds is 7. The van der Waals surface area contributed by atoms with Crippen molar-refractivity contribution in [2.45, 2.75) is 52.0 Å². The molecule has 3 rings (SSSR count). The number of Topliss-reactive ketones (excluding diaryl/α,β-unsaturated/α-hetero) is 1. The zero-order valence-electron chi connectivity index (χ0n) is 18.2. The van der Waals surface area contributed by atoms with Gasteiger partial charge in [-0.05, 0) is 52.8 Å². The molecule has 0 bridgehead atoms. The molecule has 3 aromatic carbocycles. The molecule has 3 heteroatoms. The van der Waals surface area contributed by atoms with Gasteiger partial charge in [0.2, 0.25) is 0 Å². The summed E-state index contributed by atoms with van der Waals surface area (Å²) < 4.78 is 0. The van der Waals surface area contributed by atoms with Crippen molar-refractivity contribution in [2.75, 3.05) is 5.32 Å². The van der Waals surface area contributed by atoms with Crippen LogP contribution in [0.3, 0.4) is 0 Å². The number of carbonyl (C=O) groups is 1. The molecular formula is C27H30ClNO. The number of anilines is 1. The predicted octanol–water partition coefficient (Wildman–Crippen LogP) is 7.63. The number of ketones is 1. The molecule has 0 heterocycles. The third-order valence-electron chi connectivity index (χ3n) is 5.44. The molecule has 0 aliphatic carbocycles. The van der Waals surface area contributed by atoms with Crippen LogP contribution in [0.4, 0.5) is 5.69 Å². The Kier molecular flexibility index (Phi) is 6.99. The van der Waals surface area contributed by atoms with E-state index in [0.717, 1.165) is 23.2 Å². The largest absolute Gasteiger partial charge is 0.378 e. The lowest BCUT2D eigenvalue weighted by molar-refractivity contribution is 0.0976. The zero-order valence-corrected chi connectivity index (χ0v) is 19.0. The Morgan fingerprint density at radius 1 is 0.900 bits per heavy atom. The van der Waals surface area contributed by atoms with Gasteiger partial charge in [0.05, 0.1) is 6.04 Å². The SMILES string of the molecule is CCc1ccc(N[C@H](CC(=O)c2ccc(C(C)(C)C)cc2)c2ccc(Cl)cc2)cc1. The predicted molar refractivity (Wildman–Crippen MR) is 128 cm³/mol. The van der Waals surface area contributed by atoms with Crippen molar-refractivity contribution < 1.29 is 4.79 Å². The molecule has 0 aliphatic heterocycles. The normalized spacial score (nSPS) is 12.4. The molecule has 0 radical (unpaired) electrons. The van der Waals surface area contributed by atoms with Crippen LogP contribution in [-0.2, 0) is 11.8 Å². The molecule has 0 aliphatic rings. The first-order valence-corrected chi connectivity index (χ1v) is 10.9. The van der Waals surface area contributed by atoms with Gasteiger partial charge >= 0.3 is 0 Å². The van der Waals surface area contributed by atoms with Crippen molar-refractivity contribution in [3.05, 3.63) is 100 Å². The number of carbonyl (C=O) groups excluding carboxylic acids is 1. The summed E-state index contributed by atoms with van der Waals surface area (Å²) in [7, 11) is 0. The van der Waals surface area contributed by atoms with Crippen molar-refractivity contribution in [1.29, 1.82) is 0 Å². The standard InChI is InChI=1S/C27H30ClNO/c1-5-19-6-16-24(17-7-19)29-25(20-10-14-23(28)15-11-20)18-26(30)21-8-12-22(13-9-21)27(2,3)4/h6-17,25,29H,5,18H2,1-4H3/t25-/m1/s1. The van der Waals surface area contributed by atoms with E-state index in [1.807, 2.05) is 36.4 Å². The summed E-state index contributed by atoms with van der Waals surface area (Å²) in [6.07, 6.45) is 1.37. The lowest BCUT2D eigenvalue weighted by Crippen LogP contribution is -2.16. The molecule has 156 valence electrons. The summed E-state index contributed by atoms with van der Waals surface area (Å²) in [6, 6.07) is 24.0. The van der Waals surface area contributed by atoms with E-state index in [1.165, 1.54) is 11.1 Å². The summed E-state index contributed by atoms with van der Waals surface area (Å²) in [6.45, 7) is 8.67. The van der Waals surface area contributed by atoms with Gasteiger partial charge in [0.25, 0.3) is 0 Å². The number of benzene rings is 3. The maximum atomic E-state index is 13.1. The molecule has 0 saturated carbocycles. The fourth-order valence-corrected chi connectivity index (χ4v) is 3.57. The molecule has 0 amide bonds. The number of aryl methyl sites for hydroxylation is 1. The molecule has 3 aromatic rings. The average molecular weight is 420 g/mol. The van der Waals surface area contributed by atoms with Crippen LogP contribution < -0.4 is 5.32 Å². The van der Waals surface area contributed by atoms with Gasteiger partial charge in [0.1, 0.15) is 0 Å². The van der Waals surface area contributed by atoms with Crippen LogP contribution in [0, 0.1) is 0 Å². The summed E-state index contributed by atoms with van der Waals surface area (Å²) in [4.78, 5) is 13.1. The van der Waals surface area contributed by atoms with Crippen molar-refractivity contribution in [1.82, 2.24) is 0 Å². The fourth-order valence-electron chi connectivity index (χ4n) is 3.44. The highest BCUT2D eigenvalue weighted by Gasteiger charge is 2.19. The van der Waals surface area contributed by atoms with E-state index in [2.05, 4.69) is 69.4 Å². The smallest absolute Gasteiger partial charge is 0.165 e. The number of halogens is 1. The Balaban J connectivity index is 1.82. The van der Waals surface area contributed by atoms with E-state index in [1.54, 1.807) is 0 Å². The summed E-state index contributed by atoms with van der Waals surface area (Å²) in [5, 5.41) is 4.23. The minimum Gasteiger partial charge on any atom is -0.378 e. The van der Waals surface area contributed by atoms with Crippen LogP contribution in [-0.4, -0.2) is 5.78 Å². The van der Waals surface area contributed by atoms with Gasteiger partial charge in [0.15, 0.2) is 5.78 Å². The van der Waals surface area contributed by atoms with E-state index in [-0.39, 0.29) is 17.2 Å². The van der Waals surface area contributed by atoms with Crippen LogP contribution in [0.2, 0.25) is 5.02 Å². The first-order chi connectivity index (χ1) is 14.3. The third kappa shape index (κ3) is 5.73. The van der Waals surface area contributed by atoms with Crippen LogP contribution >= 0.6 is 11.6 Å². The van der Waals surface area contributed by atoms with Crippen LogP contribution in [0.25, 0.3) is 0 Å². The second kappa shape index (κ2) is 9.49. The lowest BCUT2D eigenvalue weighted by Gasteiger charge is -2.21. The maximum absolute atomic E-state index is 13.1. The Bertz CT molecular complexity index is 967. The number of hydrogen-bond acceptors (Lipinski definition) is 2. The van der Waals surface area contributed by atoms with E-state index in [4.69, 9.17) is 11.6 Å². The van der Waals surface area contributed by atoms with Gasteiger partial charge in [0, 0.05) is 22.7 Å². The van der Waals surface area contributed by atoms with Crippen LogP contribution in [0.1, 0.15) is 67.2 Å².